The number of hydrogen-bond acceptors (Lipinski definition) is 3. The summed E-state index contributed by atoms with van der Waals surface area (Å²) in [6, 6.07) is 0. The minimum atomic E-state index is -0.880. The molecule has 0 aromatic carbocycles. The highest BCUT2D eigenvalue weighted by atomic mass is 19.1. The van der Waals surface area contributed by atoms with Gasteiger partial charge in [-0.05, 0) is 7.05 Å². The fourth-order valence-electron chi connectivity index (χ4n) is 1.53. The number of hydrogen-bond donors (Lipinski definition) is 0. The SMILES string of the molecule is COC(=O)CC1CN(C)CC1F. The van der Waals surface area contributed by atoms with Crippen molar-refractivity contribution in [2.75, 3.05) is 27.2 Å². The third-order valence-electron chi connectivity index (χ3n) is 2.20. The highest BCUT2D eigenvalue weighted by molar-refractivity contribution is 5.69. The molecule has 0 bridgehead atoms. The van der Waals surface area contributed by atoms with Crippen LogP contribution in [0, 0.1) is 5.92 Å². The van der Waals surface area contributed by atoms with Gasteiger partial charge in [0.05, 0.1) is 13.5 Å². The number of alkyl halides is 1. The Labute approximate surface area is 71.5 Å². The van der Waals surface area contributed by atoms with Crippen LogP contribution in [0.2, 0.25) is 0 Å². The Hall–Kier alpha value is -0.640. The maximum absolute atomic E-state index is 13.1. The molecule has 1 rings (SSSR count). The number of ether oxygens (including phenoxy) is 1. The van der Waals surface area contributed by atoms with Crippen LogP contribution in [-0.4, -0.2) is 44.3 Å². The van der Waals surface area contributed by atoms with E-state index in [4.69, 9.17) is 0 Å². The van der Waals surface area contributed by atoms with Crippen molar-refractivity contribution in [2.45, 2.75) is 12.6 Å². The fourth-order valence-corrected chi connectivity index (χ4v) is 1.53. The molecule has 0 amide bonds. The van der Waals surface area contributed by atoms with E-state index in [1.165, 1.54) is 7.11 Å². The minimum Gasteiger partial charge on any atom is -0.469 e. The van der Waals surface area contributed by atoms with Crippen LogP contribution in [0.3, 0.4) is 0 Å². The molecular formula is C8H14FNO2. The molecule has 1 aliphatic rings. The summed E-state index contributed by atoms with van der Waals surface area (Å²) in [5, 5.41) is 0. The predicted molar refractivity (Wildman–Crippen MR) is 42.5 cm³/mol. The smallest absolute Gasteiger partial charge is 0.305 e. The Morgan fingerprint density at radius 2 is 2.33 bits per heavy atom. The van der Waals surface area contributed by atoms with E-state index in [1.807, 2.05) is 11.9 Å². The summed E-state index contributed by atoms with van der Waals surface area (Å²) >= 11 is 0. The molecule has 3 nitrogen and oxygen atoms in total. The Morgan fingerprint density at radius 3 is 2.75 bits per heavy atom. The second-order valence-electron chi connectivity index (χ2n) is 3.28. The van der Waals surface area contributed by atoms with E-state index in [-0.39, 0.29) is 18.3 Å². The summed E-state index contributed by atoms with van der Waals surface area (Å²) in [4.78, 5) is 12.7. The number of rotatable bonds is 2. The molecule has 70 valence electrons. The van der Waals surface area contributed by atoms with Crippen LogP contribution in [0.15, 0.2) is 0 Å². The van der Waals surface area contributed by atoms with Gasteiger partial charge in [0, 0.05) is 19.0 Å². The van der Waals surface area contributed by atoms with E-state index in [0.717, 1.165) is 0 Å². The largest absolute Gasteiger partial charge is 0.469 e. The van der Waals surface area contributed by atoms with E-state index < -0.39 is 6.17 Å². The zero-order valence-corrected chi connectivity index (χ0v) is 7.42. The zero-order valence-electron chi connectivity index (χ0n) is 7.42. The van der Waals surface area contributed by atoms with Crippen LogP contribution in [0.1, 0.15) is 6.42 Å². The molecule has 0 radical (unpaired) electrons. The fraction of sp³-hybridized carbons (Fsp3) is 0.875. The highest BCUT2D eigenvalue weighted by Crippen LogP contribution is 2.21. The van der Waals surface area contributed by atoms with Gasteiger partial charge in [0.1, 0.15) is 6.17 Å². The van der Waals surface area contributed by atoms with Crippen LogP contribution in [0.25, 0.3) is 0 Å². The van der Waals surface area contributed by atoms with E-state index in [1.54, 1.807) is 0 Å². The van der Waals surface area contributed by atoms with Crippen LogP contribution in [0.4, 0.5) is 4.39 Å². The summed E-state index contributed by atoms with van der Waals surface area (Å²) < 4.78 is 17.6. The standard InChI is InChI=1S/C8H14FNO2/c1-10-4-6(7(9)5-10)3-8(11)12-2/h6-7H,3-5H2,1-2H3. The molecule has 1 aliphatic heterocycles. The Kier molecular flexibility index (Phi) is 3.03. The molecule has 0 aromatic rings. The third-order valence-corrected chi connectivity index (χ3v) is 2.20. The zero-order chi connectivity index (χ0) is 9.14. The number of likely N-dealkylation sites (tertiary alicyclic amines) is 1. The number of esters is 1. The Bertz CT molecular complexity index is 174. The first-order valence-electron chi connectivity index (χ1n) is 4.03. The molecule has 0 aliphatic carbocycles. The van der Waals surface area contributed by atoms with Gasteiger partial charge in [0.25, 0.3) is 0 Å². The molecule has 2 atom stereocenters. The molecule has 0 aromatic heterocycles. The van der Waals surface area contributed by atoms with Gasteiger partial charge in [0.2, 0.25) is 0 Å². The van der Waals surface area contributed by atoms with Crippen molar-refractivity contribution in [3.63, 3.8) is 0 Å². The monoisotopic (exact) mass is 175 g/mol. The maximum atomic E-state index is 13.1. The van der Waals surface area contributed by atoms with Crippen molar-refractivity contribution >= 4 is 5.97 Å². The van der Waals surface area contributed by atoms with E-state index in [0.29, 0.717) is 13.1 Å². The van der Waals surface area contributed by atoms with Crippen LogP contribution >= 0.6 is 0 Å². The second-order valence-corrected chi connectivity index (χ2v) is 3.28. The summed E-state index contributed by atoms with van der Waals surface area (Å²) in [6.07, 6.45) is -0.684. The lowest BCUT2D eigenvalue weighted by atomic mass is 10.0. The van der Waals surface area contributed by atoms with E-state index >= 15 is 0 Å². The molecular weight excluding hydrogens is 161 g/mol. The molecule has 12 heavy (non-hydrogen) atoms. The summed E-state index contributed by atoms with van der Waals surface area (Å²) in [6.45, 7) is 1.08. The summed E-state index contributed by atoms with van der Waals surface area (Å²) in [7, 11) is 3.18. The number of nitrogens with zero attached hydrogens (tertiary/aromatic N) is 1. The molecule has 0 saturated carbocycles. The van der Waals surface area contributed by atoms with Crippen molar-refractivity contribution in [3.8, 4) is 0 Å². The maximum Gasteiger partial charge on any atom is 0.305 e. The van der Waals surface area contributed by atoms with Gasteiger partial charge in [-0.2, -0.15) is 0 Å². The third kappa shape index (κ3) is 2.17. The first-order valence-corrected chi connectivity index (χ1v) is 4.03. The van der Waals surface area contributed by atoms with Gasteiger partial charge in [-0.3, -0.25) is 4.79 Å². The lowest BCUT2D eigenvalue weighted by molar-refractivity contribution is -0.142. The van der Waals surface area contributed by atoms with Crippen LogP contribution < -0.4 is 0 Å². The predicted octanol–water partition coefficient (Wildman–Crippen LogP) is 0.449. The van der Waals surface area contributed by atoms with Gasteiger partial charge in [-0.15, -0.1) is 0 Å². The van der Waals surface area contributed by atoms with Crippen LogP contribution in [-0.2, 0) is 9.53 Å². The molecule has 2 unspecified atom stereocenters. The second kappa shape index (κ2) is 3.85. The topological polar surface area (TPSA) is 29.5 Å². The number of halogens is 1. The quantitative estimate of drug-likeness (QED) is 0.571. The molecule has 0 spiro atoms. The van der Waals surface area contributed by atoms with Crippen LogP contribution in [0.5, 0.6) is 0 Å². The average Bonchev–Trinajstić information content (AvgIpc) is 2.30. The number of methoxy groups -OCH3 is 1. The first-order chi connectivity index (χ1) is 5.63. The van der Waals surface area contributed by atoms with Crippen molar-refractivity contribution in [2.24, 2.45) is 5.92 Å². The Balaban J connectivity index is 2.37. The first kappa shape index (κ1) is 9.45. The molecule has 4 heteroatoms. The van der Waals surface area contributed by atoms with Gasteiger partial charge >= 0.3 is 5.97 Å². The van der Waals surface area contributed by atoms with Gasteiger partial charge in [-0.25, -0.2) is 4.39 Å². The summed E-state index contributed by atoms with van der Waals surface area (Å²) in [5.74, 6) is -0.500. The minimum absolute atomic E-state index is 0.178. The van der Waals surface area contributed by atoms with Crippen molar-refractivity contribution in [3.05, 3.63) is 0 Å². The van der Waals surface area contributed by atoms with Gasteiger partial charge in [-0.1, -0.05) is 0 Å². The average molecular weight is 175 g/mol. The van der Waals surface area contributed by atoms with Gasteiger partial charge < -0.3 is 9.64 Å². The molecule has 1 heterocycles. The Morgan fingerprint density at radius 1 is 1.67 bits per heavy atom. The highest BCUT2D eigenvalue weighted by Gasteiger charge is 2.32. The number of carbonyl (C=O) groups is 1. The lowest BCUT2D eigenvalue weighted by Gasteiger charge is -2.09. The van der Waals surface area contributed by atoms with Crippen molar-refractivity contribution in [1.29, 1.82) is 0 Å². The summed E-state index contributed by atoms with van der Waals surface area (Å²) in [5.41, 5.74) is 0. The van der Waals surface area contributed by atoms with Crippen molar-refractivity contribution in [1.82, 2.24) is 4.90 Å². The van der Waals surface area contributed by atoms with E-state index in [9.17, 15) is 9.18 Å². The molecule has 0 N–H and O–H groups in total. The van der Waals surface area contributed by atoms with Gasteiger partial charge in [0.15, 0.2) is 0 Å². The normalized spacial score (nSPS) is 30.6. The molecule has 1 fully saturated rings. The van der Waals surface area contributed by atoms with E-state index in [2.05, 4.69) is 4.74 Å². The number of carbonyl (C=O) groups excluding carboxylic acids is 1. The van der Waals surface area contributed by atoms with Crippen molar-refractivity contribution < 1.29 is 13.9 Å². The molecule has 1 saturated heterocycles. The lowest BCUT2D eigenvalue weighted by Crippen LogP contribution is -2.18.